The summed E-state index contributed by atoms with van der Waals surface area (Å²) >= 11 is 1.98. The third-order valence-corrected chi connectivity index (χ3v) is 3.07. The molecule has 0 radical (unpaired) electrons. The Bertz CT molecular complexity index is 153. The summed E-state index contributed by atoms with van der Waals surface area (Å²) in [5, 5.41) is 0. The van der Waals surface area contributed by atoms with E-state index in [1.165, 1.54) is 11.5 Å². The Kier molecular flexibility index (Phi) is 4.09. The molecular formula is C9H17NOS. The normalized spacial score (nSPS) is 19.9. The molecular weight excluding hydrogens is 170 g/mol. The number of nitrogens with zero attached hydrogens (tertiary/aromatic N) is 1. The molecule has 0 unspecified atom stereocenters. The van der Waals surface area contributed by atoms with Crippen LogP contribution < -0.4 is 0 Å². The molecule has 0 aromatic carbocycles. The van der Waals surface area contributed by atoms with E-state index in [-0.39, 0.29) is 5.92 Å². The molecule has 0 aromatic heterocycles. The molecule has 0 aliphatic carbocycles. The number of thioether (sulfide) groups is 1. The minimum atomic E-state index is 0.194. The van der Waals surface area contributed by atoms with Crippen LogP contribution >= 0.6 is 11.8 Å². The molecule has 1 saturated heterocycles. The highest BCUT2D eigenvalue weighted by molar-refractivity contribution is 7.99. The van der Waals surface area contributed by atoms with Gasteiger partial charge < -0.3 is 0 Å². The maximum atomic E-state index is 11.4. The number of hydrogen-bond donors (Lipinski definition) is 0. The van der Waals surface area contributed by atoms with E-state index in [0.717, 1.165) is 13.1 Å². The number of ketones is 1. The fraction of sp³-hybridized carbons (Fsp3) is 0.889. The Balaban J connectivity index is 2.24. The molecule has 0 spiro atoms. The van der Waals surface area contributed by atoms with Gasteiger partial charge in [-0.3, -0.25) is 9.69 Å². The van der Waals surface area contributed by atoms with Crippen molar-refractivity contribution in [2.45, 2.75) is 13.8 Å². The summed E-state index contributed by atoms with van der Waals surface area (Å²) < 4.78 is 0. The minimum Gasteiger partial charge on any atom is -0.298 e. The summed E-state index contributed by atoms with van der Waals surface area (Å²) in [4.78, 5) is 13.6. The van der Waals surface area contributed by atoms with E-state index in [1.807, 2.05) is 25.6 Å². The summed E-state index contributed by atoms with van der Waals surface area (Å²) in [6, 6.07) is 0. The maximum Gasteiger partial charge on any atom is 0.149 e. The van der Waals surface area contributed by atoms with Crippen LogP contribution in [0.5, 0.6) is 0 Å². The molecule has 70 valence electrons. The van der Waals surface area contributed by atoms with Gasteiger partial charge in [0, 0.05) is 30.5 Å². The van der Waals surface area contributed by atoms with E-state index in [9.17, 15) is 4.79 Å². The van der Waals surface area contributed by atoms with Crippen LogP contribution in [0.4, 0.5) is 0 Å². The molecule has 2 nitrogen and oxygen atoms in total. The van der Waals surface area contributed by atoms with Crippen molar-refractivity contribution in [2.24, 2.45) is 5.92 Å². The van der Waals surface area contributed by atoms with Crippen molar-refractivity contribution < 1.29 is 4.79 Å². The van der Waals surface area contributed by atoms with Gasteiger partial charge in [0.2, 0.25) is 0 Å². The Morgan fingerprint density at radius 3 is 2.50 bits per heavy atom. The quantitative estimate of drug-likeness (QED) is 0.663. The van der Waals surface area contributed by atoms with Gasteiger partial charge in [-0.25, -0.2) is 0 Å². The highest BCUT2D eigenvalue weighted by atomic mass is 32.2. The van der Waals surface area contributed by atoms with Gasteiger partial charge in [0.1, 0.15) is 5.78 Å². The average molecular weight is 187 g/mol. The molecule has 12 heavy (non-hydrogen) atoms. The zero-order valence-electron chi connectivity index (χ0n) is 7.88. The number of Topliss-reactive ketones (excluding diaryl/α,β-unsaturated/α-hetero) is 1. The van der Waals surface area contributed by atoms with E-state index >= 15 is 0 Å². The first-order chi connectivity index (χ1) is 5.70. The van der Waals surface area contributed by atoms with Crippen LogP contribution in [0.15, 0.2) is 0 Å². The second-order valence-electron chi connectivity index (χ2n) is 3.51. The highest BCUT2D eigenvalue weighted by Gasteiger charge is 2.15. The lowest BCUT2D eigenvalue weighted by atomic mass is 10.1. The number of rotatable bonds is 3. The molecule has 1 aliphatic rings. The van der Waals surface area contributed by atoms with Crippen LogP contribution in [0.25, 0.3) is 0 Å². The van der Waals surface area contributed by atoms with E-state index < -0.39 is 0 Å². The molecule has 1 heterocycles. The maximum absolute atomic E-state index is 11.4. The first-order valence-electron chi connectivity index (χ1n) is 4.53. The number of carbonyl (C=O) groups excluding carboxylic acids is 1. The summed E-state index contributed by atoms with van der Waals surface area (Å²) in [5.41, 5.74) is 0. The van der Waals surface area contributed by atoms with Crippen molar-refractivity contribution in [2.75, 3.05) is 31.1 Å². The molecule has 0 N–H and O–H groups in total. The van der Waals surface area contributed by atoms with Gasteiger partial charge in [-0.15, -0.1) is 0 Å². The fourth-order valence-corrected chi connectivity index (χ4v) is 2.14. The van der Waals surface area contributed by atoms with Crippen molar-refractivity contribution in [3.05, 3.63) is 0 Å². The Morgan fingerprint density at radius 2 is 2.00 bits per heavy atom. The molecule has 1 rings (SSSR count). The Morgan fingerprint density at radius 1 is 1.42 bits per heavy atom. The van der Waals surface area contributed by atoms with Gasteiger partial charge >= 0.3 is 0 Å². The fourth-order valence-electron chi connectivity index (χ4n) is 1.16. The standard InChI is InChI=1S/C9H17NOS/c1-8(2)9(11)7-10-3-5-12-6-4-10/h8H,3-7H2,1-2H3. The predicted molar refractivity (Wildman–Crippen MR) is 53.6 cm³/mol. The molecule has 0 bridgehead atoms. The molecule has 0 aromatic rings. The van der Waals surface area contributed by atoms with Crippen LogP contribution in [0, 0.1) is 5.92 Å². The molecule has 0 atom stereocenters. The summed E-state index contributed by atoms with van der Waals surface area (Å²) in [6.07, 6.45) is 0. The third kappa shape index (κ3) is 3.15. The minimum absolute atomic E-state index is 0.194. The van der Waals surface area contributed by atoms with Crippen LogP contribution in [0.2, 0.25) is 0 Å². The topological polar surface area (TPSA) is 20.3 Å². The zero-order valence-corrected chi connectivity index (χ0v) is 8.69. The van der Waals surface area contributed by atoms with Gasteiger partial charge in [0.15, 0.2) is 0 Å². The van der Waals surface area contributed by atoms with Crippen molar-refractivity contribution in [1.29, 1.82) is 0 Å². The second kappa shape index (κ2) is 4.87. The monoisotopic (exact) mass is 187 g/mol. The lowest BCUT2D eigenvalue weighted by Crippen LogP contribution is -2.37. The van der Waals surface area contributed by atoms with Gasteiger partial charge in [-0.1, -0.05) is 13.8 Å². The van der Waals surface area contributed by atoms with Crippen LogP contribution in [-0.2, 0) is 4.79 Å². The lowest BCUT2D eigenvalue weighted by molar-refractivity contribution is -0.122. The van der Waals surface area contributed by atoms with E-state index in [0.29, 0.717) is 12.3 Å². The first kappa shape index (κ1) is 10.1. The molecule has 1 fully saturated rings. The van der Waals surface area contributed by atoms with Gasteiger partial charge in [-0.2, -0.15) is 11.8 Å². The SMILES string of the molecule is CC(C)C(=O)CN1CCSCC1. The number of carbonyl (C=O) groups is 1. The van der Waals surface area contributed by atoms with Gasteiger partial charge in [-0.05, 0) is 0 Å². The van der Waals surface area contributed by atoms with Crippen LogP contribution in [0.1, 0.15) is 13.8 Å². The van der Waals surface area contributed by atoms with Gasteiger partial charge in [0.25, 0.3) is 0 Å². The van der Waals surface area contributed by atoms with Crippen LogP contribution in [-0.4, -0.2) is 41.8 Å². The second-order valence-corrected chi connectivity index (χ2v) is 4.73. The average Bonchev–Trinajstić information content (AvgIpc) is 2.06. The lowest BCUT2D eigenvalue weighted by Gasteiger charge is -2.25. The smallest absolute Gasteiger partial charge is 0.149 e. The highest BCUT2D eigenvalue weighted by Crippen LogP contribution is 2.09. The molecule has 0 amide bonds. The van der Waals surface area contributed by atoms with E-state index in [4.69, 9.17) is 0 Å². The van der Waals surface area contributed by atoms with Crippen molar-refractivity contribution >= 4 is 17.5 Å². The van der Waals surface area contributed by atoms with Crippen molar-refractivity contribution in [3.8, 4) is 0 Å². The zero-order chi connectivity index (χ0) is 8.97. The molecule has 1 aliphatic heterocycles. The van der Waals surface area contributed by atoms with Crippen molar-refractivity contribution in [3.63, 3.8) is 0 Å². The Labute approximate surface area is 78.7 Å². The molecule has 3 heteroatoms. The van der Waals surface area contributed by atoms with Gasteiger partial charge in [0.05, 0.1) is 6.54 Å². The third-order valence-electron chi connectivity index (χ3n) is 2.13. The Hall–Kier alpha value is -0.0200. The largest absolute Gasteiger partial charge is 0.298 e. The summed E-state index contributed by atoms with van der Waals surface area (Å²) in [5.74, 6) is 2.94. The first-order valence-corrected chi connectivity index (χ1v) is 5.68. The van der Waals surface area contributed by atoms with Crippen molar-refractivity contribution in [1.82, 2.24) is 4.90 Å². The predicted octanol–water partition coefficient (Wildman–Crippen LogP) is 1.26. The summed E-state index contributed by atoms with van der Waals surface area (Å²) in [7, 11) is 0. The van der Waals surface area contributed by atoms with E-state index in [1.54, 1.807) is 0 Å². The summed E-state index contributed by atoms with van der Waals surface area (Å²) in [6.45, 7) is 6.78. The molecule has 0 saturated carbocycles. The van der Waals surface area contributed by atoms with Crippen LogP contribution in [0.3, 0.4) is 0 Å². The van der Waals surface area contributed by atoms with E-state index in [2.05, 4.69) is 4.90 Å². The number of hydrogen-bond acceptors (Lipinski definition) is 3.